The van der Waals surface area contributed by atoms with Gasteiger partial charge in [-0.25, -0.2) is 4.79 Å². The van der Waals surface area contributed by atoms with Crippen LogP contribution in [0.3, 0.4) is 0 Å². The molecule has 0 bridgehead atoms. The van der Waals surface area contributed by atoms with Gasteiger partial charge in [-0.2, -0.15) is 0 Å². The number of carbonyl (C=O) groups is 1. The van der Waals surface area contributed by atoms with Gasteiger partial charge in [-0.15, -0.1) is 13.2 Å². The van der Waals surface area contributed by atoms with Crippen LogP contribution in [-0.4, -0.2) is 36.2 Å². The maximum absolute atomic E-state index is 12.5. The van der Waals surface area contributed by atoms with Gasteiger partial charge in [0.1, 0.15) is 11.4 Å². The molecule has 0 saturated heterocycles. The second kappa shape index (κ2) is 10.4. The van der Waals surface area contributed by atoms with Crippen molar-refractivity contribution in [3.05, 3.63) is 54.2 Å². The number of alkyl halides is 3. The number of rotatable bonds is 8. The van der Waals surface area contributed by atoms with E-state index in [4.69, 9.17) is 4.74 Å². The summed E-state index contributed by atoms with van der Waals surface area (Å²) in [6.07, 6.45) is -2.52. The molecule has 0 aliphatic carbocycles. The Bertz CT molecular complexity index is 1120. The van der Waals surface area contributed by atoms with Crippen LogP contribution < -0.4 is 15.4 Å². The molecule has 0 atom stereocenters. The minimum atomic E-state index is -4.73. The van der Waals surface area contributed by atoms with Crippen molar-refractivity contribution in [2.75, 3.05) is 13.6 Å². The maximum atomic E-state index is 12.5. The zero-order chi connectivity index (χ0) is 24.9. The van der Waals surface area contributed by atoms with Crippen LogP contribution in [0.2, 0.25) is 0 Å². The van der Waals surface area contributed by atoms with Crippen LogP contribution in [0.5, 0.6) is 5.75 Å². The minimum absolute atomic E-state index is 0.260. The molecule has 0 saturated carbocycles. The van der Waals surface area contributed by atoms with E-state index >= 15 is 0 Å². The molecule has 1 amide bonds. The van der Waals surface area contributed by atoms with Gasteiger partial charge in [-0.3, -0.25) is 0 Å². The summed E-state index contributed by atoms with van der Waals surface area (Å²) in [5.74, 6) is -0.260. The standard InChI is InChI=1S/C25H30F3N3O3/c1-24(2,3)34-23(32)30-12-5-13-31-16-21(20-14-17(15-29-4)6-11-22(20)31)18-7-9-19(10-8-18)33-25(26,27)28/h6-11,14,16,29H,5,12-13,15H2,1-4H3,(H,30,32). The molecule has 3 aromatic rings. The summed E-state index contributed by atoms with van der Waals surface area (Å²) < 4.78 is 48.9. The molecule has 0 aliphatic heterocycles. The third-order valence-electron chi connectivity index (χ3n) is 4.97. The fourth-order valence-electron chi connectivity index (χ4n) is 3.66. The molecular weight excluding hydrogens is 447 g/mol. The van der Waals surface area contributed by atoms with Crippen LogP contribution in [0.1, 0.15) is 32.8 Å². The number of aryl methyl sites for hydroxylation is 1. The summed E-state index contributed by atoms with van der Waals surface area (Å²) >= 11 is 0. The second-order valence-electron chi connectivity index (χ2n) is 8.97. The number of hydrogen-bond acceptors (Lipinski definition) is 4. The number of aromatic nitrogens is 1. The summed E-state index contributed by atoms with van der Waals surface area (Å²) in [7, 11) is 1.87. The van der Waals surface area contributed by atoms with Crippen molar-refractivity contribution in [3.63, 3.8) is 0 Å². The normalized spacial score (nSPS) is 12.1. The van der Waals surface area contributed by atoms with Gasteiger partial charge in [-0.05, 0) is 69.6 Å². The van der Waals surface area contributed by atoms with Crippen molar-refractivity contribution in [1.29, 1.82) is 0 Å². The lowest BCUT2D eigenvalue weighted by Crippen LogP contribution is -2.33. The number of carbonyl (C=O) groups excluding carboxylic acids is 1. The van der Waals surface area contributed by atoms with E-state index in [0.717, 1.165) is 27.6 Å². The number of ether oxygens (including phenoxy) is 2. The number of fused-ring (bicyclic) bond motifs is 1. The van der Waals surface area contributed by atoms with Gasteiger partial charge in [0.2, 0.25) is 0 Å². The predicted octanol–water partition coefficient (Wildman–Crippen LogP) is 5.84. The smallest absolute Gasteiger partial charge is 0.444 e. The first kappa shape index (κ1) is 25.4. The molecule has 184 valence electrons. The molecule has 3 rings (SSSR count). The van der Waals surface area contributed by atoms with Crippen molar-refractivity contribution in [1.82, 2.24) is 15.2 Å². The fraction of sp³-hybridized carbons (Fsp3) is 0.400. The van der Waals surface area contributed by atoms with Gasteiger partial charge >= 0.3 is 12.5 Å². The van der Waals surface area contributed by atoms with Gasteiger partial charge in [0.25, 0.3) is 0 Å². The Morgan fingerprint density at radius 2 is 1.76 bits per heavy atom. The third-order valence-corrected chi connectivity index (χ3v) is 4.97. The average Bonchev–Trinajstić information content (AvgIpc) is 3.07. The largest absolute Gasteiger partial charge is 0.573 e. The quantitative estimate of drug-likeness (QED) is 0.400. The molecule has 0 unspecified atom stereocenters. The lowest BCUT2D eigenvalue weighted by molar-refractivity contribution is -0.274. The van der Waals surface area contributed by atoms with Gasteiger partial charge in [0.15, 0.2) is 0 Å². The highest BCUT2D eigenvalue weighted by Crippen LogP contribution is 2.33. The van der Waals surface area contributed by atoms with E-state index in [1.807, 2.05) is 46.1 Å². The molecule has 0 radical (unpaired) electrons. The fourth-order valence-corrected chi connectivity index (χ4v) is 3.66. The number of nitrogens with one attached hydrogen (secondary N) is 2. The van der Waals surface area contributed by atoms with Crippen LogP contribution in [0.4, 0.5) is 18.0 Å². The SMILES string of the molecule is CNCc1ccc2c(c1)c(-c1ccc(OC(F)(F)F)cc1)cn2CCCNC(=O)OC(C)(C)C. The lowest BCUT2D eigenvalue weighted by Gasteiger charge is -2.19. The summed E-state index contributed by atoms with van der Waals surface area (Å²) in [5, 5.41) is 6.89. The highest BCUT2D eigenvalue weighted by Gasteiger charge is 2.31. The zero-order valence-corrected chi connectivity index (χ0v) is 19.8. The lowest BCUT2D eigenvalue weighted by atomic mass is 10.0. The minimum Gasteiger partial charge on any atom is -0.444 e. The summed E-state index contributed by atoms with van der Waals surface area (Å²) in [4.78, 5) is 11.9. The van der Waals surface area contributed by atoms with E-state index in [2.05, 4.69) is 26.0 Å². The number of halogens is 3. The van der Waals surface area contributed by atoms with Gasteiger partial charge in [0, 0.05) is 42.3 Å². The van der Waals surface area contributed by atoms with Crippen LogP contribution in [0.25, 0.3) is 22.0 Å². The van der Waals surface area contributed by atoms with Crippen LogP contribution >= 0.6 is 0 Å². The van der Waals surface area contributed by atoms with Crippen molar-refractivity contribution >= 4 is 17.0 Å². The Morgan fingerprint density at radius 1 is 1.06 bits per heavy atom. The Balaban J connectivity index is 1.81. The topological polar surface area (TPSA) is 64.5 Å². The van der Waals surface area contributed by atoms with E-state index in [1.54, 1.807) is 12.1 Å². The molecule has 1 aromatic heterocycles. The van der Waals surface area contributed by atoms with E-state index in [9.17, 15) is 18.0 Å². The summed E-state index contributed by atoms with van der Waals surface area (Å²) in [5.41, 5.74) is 3.24. The van der Waals surface area contributed by atoms with Gasteiger partial charge in [-0.1, -0.05) is 18.2 Å². The molecule has 1 heterocycles. The van der Waals surface area contributed by atoms with Crippen molar-refractivity contribution in [3.8, 4) is 16.9 Å². The number of amides is 1. The van der Waals surface area contributed by atoms with Crippen molar-refractivity contribution in [2.24, 2.45) is 0 Å². The molecule has 0 aliphatic rings. The van der Waals surface area contributed by atoms with E-state index < -0.39 is 18.1 Å². The number of benzene rings is 2. The first-order chi connectivity index (χ1) is 15.9. The van der Waals surface area contributed by atoms with E-state index in [-0.39, 0.29) is 5.75 Å². The molecule has 34 heavy (non-hydrogen) atoms. The molecule has 9 heteroatoms. The zero-order valence-electron chi connectivity index (χ0n) is 19.8. The molecule has 6 nitrogen and oxygen atoms in total. The van der Waals surface area contributed by atoms with Crippen LogP contribution in [0, 0.1) is 0 Å². The van der Waals surface area contributed by atoms with Crippen molar-refractivity contribution in [2.45, 2.75) is 52.2 Å². The molecule has 0 fully saturated rings. The summed E-state index contributed by atoms with van der Waals surface area (Å²) in [6, 6.07) is 12.0. The van der Waals surface area contributed by atoms with Gasteiger partial charge < -0.3 is 24.7 Å². The molecule has 2 N–H and O–H groups in total. The Kier molecular flexibility index (Phi) is 7.76. The Labute approximate surface area is 197 Å². The van der Waals surface area contributed by atoms with Crippen molar-refractivity contribution < 1.29 is 27.4 Å². The highest BCUT2D eigenvalue weighted by molar-refractivity contribution is 5.96. The highest BCUT2D eigenvalue weighted by atomic mass is 19.4. The maximum Gasteiger partial charge on any atom is 0.573 e. The Morgan fingerprint density at radius 3 is 2.38 bits per heavy atom. The molecule has 2 aromatic carbocycles. The average molecular weight is 478 g/mol. The number of nitrogens with zero attached hydrogens (tertiary/aromatic N) is 1. The Hall–Kier alpha value is -3.20. The van der Waals surface area contributed by atoms with Crippen LogP contribution in [0.15, 0.2) is 48.7 Å². The number of alkyl carbamates (subject to hydrolysis) is 1. The summed E-state index contributed by atoms with van der Waals surface area (Å²) in [6.45, 7) is 7.22. The first-order valence-electron chi connectivity index (χ1n) is 11.0. The predicted molar refractivity (Wildman–Crippen MR) is 126 cm³/mol. The third kappa shape index (κ3) is 7.15. The van der Waals surface area contributed by atoms with Gasteiger partial charge in [0.05, 0.1) is 0 Å². The van der Waals surface area contributed by atoms with E-state index in [1.165, 1.54) is 12.1 Å². The second-order valence-corrected chi connectivity index (χ2v) is 8.97. The van der Waals surface area contributed by atoms with Crippen LogP contribution in [-0.2, 0) is 17.8 Å². The molecule has 0 spiro atoms. The molecular formula is C25H30F3N3O3. The first-order valence-corrected chi connectivity index (χ1v) is 11.0. The number of hydrogen-bond donors (Lipinski definition) is 2. The monoisotopic (exact) mass is 477 g/mol. The van der Waals surface area contributed by atoms with E-state index in [0.29, 0.717) is 26.1 Å².